The first-order valence-electron chi connectivity index (χ1n) is 12.6. The van der Waals surface area contributed by atoms with E-state index in [4.69, 9.17) is 8.83 Å². The molecule has 192 valence electrons. The summed E-state index contributed by atoms with van der Waals surface area (Å²) in [4.78, 5) is 39.8. The second-order valence-electron chi connectivity index (χ2n) is 10.1. The molecule has 1 amide bonds. The molecule has 0 aliphatic carbocycles. The number of benzene rings is 2. The van der Waals surface area contributed by atoms with E-state index >= 15 is 0 Å². The summed E-state index contributed by atoms with van der Waals surface area (Å²) in [6, 6.07) is 11.1. The van der Waals surface area contributed by atoms with Gasteiger partial charge in [-0.25, -0.2) is 4.79 Å². The van der Waals surface area contributed by atoms with E-state index in [0.29, 0.717) is 42.6 Å². The van der Waals surface area contributed by atoms with Crippen LogP contribution in [0.5, 0.6) is 0 Å². The van der Waals surface area contributed by atoms with Crippen molar-refractivity contribution in [3.63, 3.8) is 0 Å². The van der Waals surface area contributed by atoms with Gasteiger partial charge >= 0.3 is 5.63 Å². The molecule has 0 unspecified atom stereocenters. The van der Waals surface area contributed by atoms with Crippen molar-refractivity contribution in [3.05, 3.63) is 80.4 Å². The van der Waals surface area contributed by atoms with Crippen LogP contribution in [0.15, 0.2) is 50.0 Å². The molecule has 0 radical (unpaired) electrons. The van der Waals surface area contributed by atoms with Gasteiger partial charge in [0.2, 0.25) is 5.91 Å². The predicted octanol–water partition coefficient (Wildman–Crippen LogP) is 4.02. The Kier molecular flexibility index (Phi) is 6.18. The largest absolute Gasteiger partial charge is 0.549 e. The van der Waals surface area contributed by atoms with Crippen molar-refractivity contribution in [1.82, 2.24) is 4.90 Å². The number of aryl methyl sites for hydroxylation is 4. The summed E-state index contributed by atoms with van der Waals surface area (Å²) in [7, 11) is 0. The van der Waals surface area contributed by atoms with Crippen LogP contribution in [0, 0.1) is 27.7 Å². The molecule has 5 rings (SSSR count). The fourth-order valence-corrected chi connectivity index (χ4v) is 5.68. The van der Waals surface area contributed by atoms with E-state index in [2.05, 4.69) is 0 Å². The van der Waals surface area contributed by atoms with Crippen molar-refractivity contribution in [3.8, 4) is 0 Å². The number of nitrogens with zero attached hydrogens (tertiary/aromatic N) is 1. The van der Waals surface area contributed by atoms with E-state index in [1.54, 1.807) is 17.0 Å². The number of aliphatic carboxylic acids is 1. The third-order valence-electron chi connectivity index (χ3n) is 8.22. The minimum atomic E-state index is -1.11. The van der Waals surface area contributed by atoms with Gasteiger partial charge in [-0.2, -0.15) is 0 Å². The first-order valence-corrected chi connectivity index (χ1v) is 12.6. The summed E-state index contributed by atoms with van der Waals surface area (Å²) >= 11 is 0. The smallest absolute Gasteiger partial charge is 0.339 e. The second-order valence-corrected chi connectivity index (χ2v) is 10.1. The highest BCUT2D eigenvalue weighted by Gasteiger charge is 2.38. The lowest BCUT2D eigenvalue weighted by atomic mass is 9.73. The van der Waals surface area contributed by atoms with Crippen molar-refractivity contribution in [2.45, 2.75) is 58.8 Å². The van der Waals surface area contributed by atoms with Gasteiger partial charge in [0.15, 0.2) is 0 Å². The number of carbonyl (C=O) groups excluding carboxylic acids is 2. The van der Waals surface area contributed by atoms with Crippen LogP contribution in [-0.4, -0.2) is 29.9 Å². The first-order chi connectivity index (χ1) is 17.6. The molecular weight excluding hydrogens is 470 g/mol. The Bertz CT molecular complexity index is 1590. The molecule has 4 aromatic rings. The Hall–Kier alpha value is -3.87. The van der Waals surface area contributed by atoms with Crippen molar-refractivity contribution >= 4 is 33.8 Å². The van der Waals surface area contributed by atoms with Crippen LogP contribution in [0.25, 0.3) is 21.9 Å². The molecular formula is C30H30NO6-. The lowest BCUT2D eigenvalue weighted by molar-refractivity contribution is -0.315. The minimum absolute atomic E-state index is 0.105. The first kappa shape index (κ1) is 24.8. The molecule has 1 fully saturated rings. The summed E-state index contributed by atoms with van der Waals surface area (Å²) in [5.74, 6) is -0.384. The highest BCUT2D eigenvalue weighted by molar-refractivity contribution is 6.00. The Balaban J connectivity index is 1.36. The molecule has 0 spiro atoms. The molecule has 2 aromatic heterocycles. The lowest BCUT2D eigenvalue weighted by Gasteiger charge is -2.43. The quantitative estimate of drug-likeness (QED) is 0.384. The van der Waals surface area contributed by atoms with Crippen LogP contribution in [0.2, 0.25) is 0 Å². The van der Waals surface area contributed by atoms with Gasteiger partial charge in [-0.15, -0.1) is 0 Å². The standard InChI is InChI=1S/C30H31NO6/c1-17-20(4)36-26-19(3)27-24(16-23(17)26)18(2)22(28(33)37-27)10-11-25(32)31-14-12-30(13-15-31,29(34)35)21-8-6-5-7-9-21/h5-9,16H,10-15H2,1-4H3,(H,34,35)/p-1. The fraction of sp³-hybridized carbons (Fsp3) is 0.367. The maximum absolute atomic E-state index is 13.1. The zero-order valence-electron chi connectivity index (χ0n) is 21.6. The predicted molar refractivity (Wildman–Crippen MR) is 138 cm³/mol. The zero-order valence-corrected chi connectivity index (χ0v) is 21.6. The van der Waals surface area contributed by atoms with Crippen LogP contribution < -0.4 is 10.7 Å². The number of rotatable bonds is 5. The van der Waals surface area contributed by atoms with Crippen LogP contribution in [0.4, 0.5) is 0 Å². The van der Waals surface area contributed by atoms with Crippen molar-refractivity contribution < 1.29 is 23.5 Å². The van der Waals surface area contributed by atoms with Gasteiger partial charge in [0, 0.05) is 46.8 Å². The number of hydrogen-bond donors (Lipinski definition) is 0. The van der Waals surface area contributed by atoms with Crippen molar-refractivity contribution in [2.75, 3.05) is 13.1 Å². The molecule has 1 saturated heterocycles. The number of fused-ring (bicyclic) bond motifs is 2. The summed E-state index contributed by atoms with van der Waals surface area (Å²) in [5.41, 5.74) is 3.53. The lowest BCUT2D eigenvalue weighted by Crippen LogP contribution is -2.53. The van der Waals surface area contributed by atoms with E-state index in [-0.39, 0.29) is 18.7 Å². The fourth-order valence-electron chi connectivity index (χ4n) is 5.68. The number of carbonyl (C=O) groups is 2. The van der Waals surface area contributed by atoms with Crippen LogP contribution in [0.1, 0.15) is 52.8 Å². The number of carboxylic acid groups (broad SMARTS) is 1. The summed E-state index contributed by atoms with van der Waals surface area (Å²) in [5, 5.41) is 13.9. The second kappa shape index (κ2) is 9.21. The van der Waals surface area contributed by atoms with E-state index in [0.717, 1.165) is 38.8 Å². The number of hydrogen-bond acceptors (Lipinski definition) is 6. The molecule has 0 bridgehead atoms. The molecule has 2 aromatic carbocycles. The third-order valence-corrected chi connectivity index (χ3v) is 8.22. The SMILES string of the molecule is Cc1oc2c(C)c3oc(=O)c(CCC(=O)N4CCC(C(=O)[O-])(c5ccccc5)CC4)c(C)c3cc2c1C. The highest BCUT2D eigenvalue weighted by atomic mass is 16.4. The molecule has 7 heteroatoms. The van der Waals surface area contributed by atoms with Gasteiger partial charge in [-0.1, -0.05) is 30.3 Å². The number of furan rings is 1. The number of carboxylic acids is 1. The van der Waals surface area contributed by atoms with Crippen LogP contribution in [0.3, 0.4) is 0 Å². The summed E-state index contributed by atoms with van der Waals surface area (Å²) in [6.45, 7) is 8.34. The molecule has 3 heterocycles. The van der Waals surface area contributed by atoms with E-state index in [1.807, 2.05) is 52.0 Å². The van der Waals surface area contributed by atoms with Crippen molar-refractivity contribution in [2.24, 2.45) is 0 Å². The molecule has 0 saturated carbocycles. The highest BCUT2D eigenvalue weighted by Crippen LogP contribution is 2.36. The van der Waals surface area contributed by atoms with Gasteiger partial charge in [-0.3, -0.25) is 4.79 Å². The minimum Gasteiger partial charge on any atom is -0.549 e. The molecule has 37 heavy (non-hydrogen) atoms. The topological polar surface area (TPSA) is 104 Å². The third kappa shape index (κ3) is 4.02. The van der Waals surface area contributed by atoms with Crippen molar-refractivity contribution in [1.29, 1.82) is 0 Å². The van der Waals surface area contributed by atoms with Crippen LogP contribution >= 0.6 is 0 Å². The monoisotopic (exact) mass is 500 g/mol. The molecule has 0 atom stereocenters. The Morgan fingerprint density at radius 3 is 2.19 bits per heavy atom. The molecule has 0 N–H and O–H groups in total. The van der Waals surface area contributed by atoms with E-state index in [9.17, 15) is 19.5 Å². The maximum atomic E-state index is 13.1. The average molecular weight is 501 g/mol. The van der Waals surface area contributed by atoms with E-state index < -0.39 is 17.0 Å². The van der Waals surface area contributed by atoms with Gasteiger partial charge in [0.05, 0.1) is 5.97 Å². The summed E-state index contributed by atoms with van der Waals surface area (Å²) < 4.78 is 11.6. The summed E-state index contributed by atoms with van der Waals surface area (Å²) in [6.07, 6.45) is 0.984. The van der Waals surface area contributed by atoms with Gasteiger partial charge in [0.1, 0.15) is 16.9 Å². The Labute approximate surface area is 214 Å². The van der Waals surface area contributed by atoms with Gasteiger partial charge in [-0.05, 0) is 69.7 Å². The van der Waals surface area contributed by atoms with Gasteiger partial charge in [0.25, 0.3) is 0 Å². The number of likely N-dealkylation sites (tertiary alicyclic amines) is 1. The molecule has 7 nitrogen and oxygen atoms in total. The Morgan fingerprint density at radius 2 is 1.54 bits per heavy atom. The number of amides is 1. The zero-order chi connectivity index (χ0) is 26.5. The normalized spacial score (nSPS) is 15.4. The van der Waals surface area contributed by atoms with Crippen LogP contribution in [-0.2, 0) is 21.4 Å². The number of piperidine rings is 1. The van der Waals surface area contributed by atoms with E-state index in [1.165, 1.54) is 0 Å². The Morgan fingerprint density at radius 1 is 0.919 bits per heavy atom. The molecule has 1 aliphatic rings. The molecule has 1 aliphatic heterocycles. The maximum Gasteiger partial charge on any atom is 0.339 e. The average Bonchev–Trinajstić information content (AvgIpc) is 3.18. The van der Waals surface area contributed by atoms with Gasteiger partial charge < -0.3 is 23.6 Å².